The van der Waals surface area contributed by atoms with Crippen molar-refractivity contribution in [1.82, 2.24) is 14.9 Å². The number of hydrogen-bond acceptors (Lipinski definition) is 7. The van der Waals surface area contributed by atoms with Gasteiger partial charge in [0.1, 0.15) is 5.82 Å². The minimum absolute atomic E-state index is 0.0925. The van der Waals surface area contributed by atoms with Crippen LogP contribution in [-0.2, 0) is 15.8 Å². The zero-order chi connectivity index (χ0) is 21.6. The molecule has 0 saturated heterocycles. The van der Waals surface area contributed by atoms with Gasteiger partial charge in [0, 0.05) is 23.6 Å². The maximum Gasteiger partial charge on any atom is 0.269 e. The van der Waals surface area contributed by atoms with Crippen molar-refractivity contribution in [2.45, 2.75) is 17.0 Å². The van der Waals surface area contributed by atoms with Gasteiger partial charge in [0.05, 0.1) is 0 Å². The number of carbonyl (C=O) groups is 1. The molecule has 0 radical (unpaired) electrons. The highest BCUT2D eigenvalue weighted by Crippen LogP contribution is 2.21. The predicted octanol–water partition coefficient (Wildman–Crippen LogP) is 3.45. The van der Waals surface area contributed by atoms with E-state index < -0.39 is 15.9 Å². The van der Waals surface area contributed by atoms with Gasteiger partial charge < -0.3 is 0 Å². The van der Waals surface area contributed by atoms with Crippen molar-refractivity contribution in [2.24, 2.45) is 0 Å². The third-order valence-electron chi connectivity index (χ3n) is 3.92. The third-order valence-corrected chi connectivity index (χ3v) is 7.60. The first-order valence-corrected chi connectivity index (χ1v) is 12.3. The summed E-state index contributed by atoms with van der Waals surface area (Å²) in [7, 11) is -3.84. The number of aryl methyl sites for hydroxylation is 1. The van der Waals surface area contributed by atoms with Crippen molar-refractivity contribution in [3.05, 3.63) is 71.0 Å². The second kappa shape index (κ2) is 10.1. The van der Waals surface area contributed by atoms with Gasteiger partial charge in [-0.05, 0) is 30.7 Å². The SMILES string of the molecule is Cc1ccc(C(=O)Nc2nnc(S(=O)(=O)NCCSCc3ccccc3F)s2)cc1. The smallest absolute Gasteiger partial charge is 0.269 e. The van der Waals surface area contributed by atoms with Gasteiger partial charge in [-0.2, -0.15) is 11.8 Å². The molecule has 0 atom stereocenters. The molecule has 3 rings (SSSR count). The predicted molar refractivity (Wildman–Crippen MR) is 117 cm³/mol. The molecule has 2 aromatic carbocycles. The van der Waals surface area contributed by atoms with Crippen LogP contribution in [-0.4, -0.2) is 36.8 Å². The highest BCUT2D eigenvalue weighted by molar-refractivity contribution is 7.98. The first-order chi connectivity index (χ1) is 14.3. The van der Waals surface area contributed by atoms with Crippen molar-refractivity contribution in [1.29, 1.82) is 0 Å². The van der Waals surface area contributed by atoms with E-state index in [1.54, 1.807) is 42.5 Å². The maximum absolute atomic E-state index is 13.6. The summed E-state index contributed by atoms with van der Waals surface area (Å²) in [5.74, 6) is 0.235. The zero-order valence-electron chi connectivity index (χ0n) is 16.0. The van der Waals surface area contributed by atoms with E-state index in [2.05, 4.69) is 20.2 Å². The molecule has 11 heteroatoms. The highest BCUT2D eigenvalue weighted by Gasteiger charge is 2.20. The number of nitrogens with one attached hydrogen (secondary N) is 2. The largest absolute Gasteiger partial charge is 0.296 e. The van der Waals surface area contributed by atoms with E-state index in [4.69, 9.17) is 0 Å². The molecule has 0 spiro atoms. The molecule has 1 amide bonds. The molecule has 0 bridgehead atoms. The topological polar surface area (TPSA) is 101 Å². The lowest BCUT2D eigenvalue weighted by Crippen LogP contribution is -2.26. The molecule has 1 aromatic heterocycles. The quantitative estimate of drug-likeness (QED) is 0.370. The number of amides is 1. The van der Waals surface area contributed by atoms with E-state index in [9.17, 15) is 17.6 Å². The highest BCUT2D eigenvalue weighted by atomic mass is 32.2. The van der Waals surface area contributed by atoms with Gasteiger partial charge in [0.2, 0.25) is 9.47 Å². The number of anilines is 1. The number of nitrogens with zero attached hydrogens (tertiary/aromatic N) is 2. The number of rotatable bonds is 9. The summed E-state index contributed by atoms with van der Waals surface area (Å²) in [5, 5.41) is 10.0. The molecule has 158 valence electrons. The second-order valence-electron chi connectivity index (χ2n) is 6.24. The average Bonchev–Trinajstić information content (AvgIpc) is 3.19. The molecule has 0 fully saturated rings. The molecule has 7 nitrogen and oxygen atoms in total. The van der Waals surface area contributed by atoms with Crippen LogP contribution in [0.2, 0.25) is 0 Å². The fourth-order valence-corrected chi connectivity index (χ4v) is 5.29. The lowest BCUT2D eigenvalue weighted by molar-refractivity contribution is 0.102. The van der Waals surface area contributed by atoms with E-state index in [0.717, 1.165) is 16.9 Å². The van der Waals surface area contributed by atoms with Crippen molar-refractivity contribution >= 4 is 44.2 Å². The van der Waals surface area contributed by atoms with Crippen LogP contribution in [0.1, 0.15) is 21.5 Å². The Hall–Kier alpha value is -2.34. The Balaban J connectivity index is 1.49. The Labute approximate surface area is 182 Å². The normalized spacial score (nSPS) is 11.4. The van der Waals surface area contributed by atoms with E-state index in [1.807, 2.05) is 6.92 Å². The van der Waals surface area contributed by atoms with E-state index in [-0.39, 0.29) is 21.8 Å². The Bertz CT molecular complexity index is 1120. The summed E-state index contributed by atoms with van der Waals surface area (Å²) in [6, 6.07) is 13.4. The van der Waals surface area contributed by atoms with Crippen LogP contribution in [0.4, 0.5) is 9.52 Å². The van der Waals surface area contributed by atoms with Crippen molar-refractivity contribution in [2.75, 3.05) is 17.6 Å². The molecule has 0 unspecified atom stereocenters. The van der Waals surface area contributed by atoms with E-state index in [0.29, 0.717) is 22.6 Å². The maximum atomic E-state index is 13.6. The Morgan fingerprint density at radius 1 is 1.13 bits per heavy atom. The average molecular weight is 467 g/mol. The summed E-state index contributed by atoms with van der Waals surface area (Å²) in [6.45, 7) is 2.07. The Morgan fingerprint density at radius 3 is 2.60 bits per heavy atom. The number of hydrogen-bond donors (Lipinski definition) is 2. The van der Waals surface area contributed by atoms with Crippen LogP contribution >= 0.6 is 23.1 Å². The molecule has 0 saturated carbocycles. The van der Waals surface area contributed by atoms with Crippen LogP contribution in [0.5, 0.6) is 0 Å². The Kier molecular flexibility index (Phi) is 7.53. The van der Waals surface area contributed by atoms with Crippen LogP contribution in [0.15, 0.2) is 52.9 Å². The molecule has 0 aliphatic rings. The summed E-state index contributed by atoms with van der Waals surface area (Å²) >= 11 is 2.18. The van der Waals surface area contributed by atoms with Gasteiger partial charge in [0.15, 0.2) is 0 Å². The van der Waals surface area contributed by atoms with Crippen LogP contribution in [0.25, 0.3) is 0 Å². The zero-order valence-corrected chi connectivity index (χ0v) is 18.4. The molecule has 2 N–H and O–H groups in total. The molecule has 0 aliphatic heterocycles. The van der Waals surface area contributed by atoms with Crippen LogP contribution in [0.3, 0.4) is 0 Å². The van der Waals surface area contributed by atoms with Crippen molar-refractivity contribution in [3.8, 4) is 0 Å². The number of sulfonamides is 1. The van der Waals surface area contributed by atoms with Gasteiger partial charge in [0.25, 0.3) is 15.9 Å². The first kappa shape index (κ1) is 22.3. The molecular weight excluding hydrogens is 447 g/mol. The van der Waals surface area contributed by atoms with Crippen molar-refractivity contribution < 1.29 is 17.6 Å². The molecule has 30 heavy (non-hydrogen) atoms. The Morgan fingerprint density at radius 2 is 1.87 bits per heavy atom. The molecule has 0 aliphatic carbocycles. The van der Waals surface area contributed by atoms with Crippen molar-refractivity contribution in [3.63, 3.8) is 0 Å². The first-order valence-electron chi connectivity index (χ1n) is 8.87. The number of halogens is 1. The molecule has 1 heterocycles. The van der Waals surface area contributed by atoms with E-state index in [1.165, 1.54) is 17.8 Å². The number of aromatic nitrogens is 2. The fourth-order valence-electron chi connectivity index (χ4n) is 2.35. The van der Waals surface area contributed by atoms with Gasteiger partial charge in [-0.3, -0.25) is 10.1 Å². The lowest BCUT2D eigenvalue weighted by atomic mass is 10.1. The second-order valence-corrected chi connectivity index (χ2v) is 10.3. The van der Waals surface area contributed by atoms with Crippen LogP contribution in [0, 0.1) is 12.7 Å². The summed E-state index contributed by atoms with van der Waals surface area (Å²) in [4.78, 5) is 12.2. The minimum Gasteiger partial charge on any atom is -0.296 e. The summed E-state index contributed by atoms with van der Waals surface area (Å²) in [5.41, 5.74) is 2.03. The standard InChI is InChI=1S/C19H19FN4O3S3/c1-13-6-8-14(9-7-13)17(25)22-18-23-24-19(29-18)30(26,27)21-10-11-28-12-15-4-2-3-5-16(15)20/h2-9,21H,10-12H2,1H3,(H,22,23,25). The van der Waals surface area contributed by atoms with Crippen LogP contribution < -0.4 is 10.0 Å². The van der Waals surface area contributed by atoms with Gasteiger partial charge >= 0.3 is 0 Å². The lowest BCUT2D eigenvalue weighted by Gasteiger charge is -2.05. The van der Waals surface area contributed by atoms with Gasteiger partial charge in [-0.15, -0.1) is 10.2 Å². The summed E-state index contributed by atoms with van der Waals surface area (Å²) < 4.78 is 40.4. The molecule has 3 aromatic rings. The van der Waals surface area contributed by atoms with Gasteiger partial charge in [-0.1, -0.05) is 47.2 Å². The van der Waals surface area contributed by atoms with E-state index >= 15 is 0 Å². The fraction of sp³-hybridized carbons (Fsp3) is 0.211. The monoisotopic (exact) mass is 466 g/mol. The van der Waals surface area contributed by atoms with Gasteiger partial charge in [-0.25, -0.2) is 17.5 Å². The minimum atomic E-state index is -3.84. The number of benzene rings is 2. The number of carbonyl (C=O) groups excluding carboxylic acids is 1. The molecular formula is C19H19FN4O3S3. The number of thioether (sulfide) groups is 1. The summed E-state index contributed by atoms with van der Waals surface area (Å²) in [6.07, 6.45) is 0. The third kappa shape index (κ3) is 6.08.